The van der Waals surface area contributed by atoms with Crippen molar-refractivity contribution in [3.8, 4) is 11.3 Å². The van der Waals surface area contributed by atoms with Crippen LogP contribution in [0.1, 0.15) is 50.5 Å². The maximum Gasteiger partial charge on any atom is 0.307 e. The number of aliphatic carboxylic acids is 1. The molecule has 0 bridgehead atoms. The van der Waals surface area contributed by atoms with Gasteiger partial charge >= 0.3 is 5.97 Å². The third kappa shape index (κ3) is 4.75. The Kier molecular flexibility index (Phi) is 6.52. The number of carboxylic acid groups (broad SMARTS) is 1. The molecule has 29 heavy (non-hydrogen) atoms. The van der Waals surface area contributed by atoms with Crippen molar-refractivity contribution in [3.05, 3.63) is 45.9 Å². The molecule has 5 nitrogen and oxygen atoms in total. The molecule has 1 amide bonds. The third-order valence-electron chi connectivity index (χ3n) is 5.71. The van der Waals surface area contributed by atoms with Crippen LogP contribution < -0.4 is 5.32 Å². The Labute approximate surface area is 175 Å². The van der Waals surface area contributed by atoms with Gasteiger partial charge in [0.25, 0.3) is 0 Å². The van der Waals surface area contributed by atoms with Gasteiger partial charge in [-0.2, -0.15) is 0 Å². The summed E-state index contributed by atoms with van der Waals surface area (Å²) in [5.74, 6) is -2.44. The molecule has 0 radical (unpaired) electrons. The highest BCUT2D eigenvalue weighted by Crippen LogP contribution is 2.36. The molecular formula is C23H28N2O3S. The summed E-state index contributed by atoms with van der Waals surface area (Å²) in [6.07, 6.45) is 3.06. The molecule has 1 aromatic heterocycles. The van der Waals surface area contributed by atoms with Crippen molar-refractivity contribution in [1.29, 1.82) is 0 Å². The van der Waals surface area contributed by atoms with E-state index in [1.165, 1.54) is 16.9 Å². The minimum Gasteiger partial charge on any atom is -0.481 e. The van der Waals surface area contributed by atoms with Gasteiger partial charge in [-0.1, -0.05) is 48.8 Å². The normalized spacial score (nSPS) is 19.3. The third-order valence-corrected chi connectivity index (χ3v) is 6.60. The number of carboxylic acids is 1. The van der Waals surface area contributed by atoms with Crippen LogP contribution >= 0.6 is 11.3 Å². The Morgan fingerprint density at radius 2 is 1.72 bits per heavy atom. The number of nitrogens with one attached hydrogen (secondary N) is 1. The van der Waals surface area contributed by atoms with Crippen LogP contribution in [-0.2, 0) is 16.0 Å². The quantitative estimate of drug-likeness (QED) is 0.618. The van der Waals surface area contributed by atoms with Crippen molar-refractivity contribution in [1.82, 2.24) is 4.98 Å². The predicted molar refractivity (Wildman–Crippen MR) is 117 cm³/mol. The topological polar surface area (TPSA) is 79.3 Å². The summed E-state index contributed by atoms with van der Waals surface area (Å²) < 4.78 is 0. The van der Waals surface area contributed by atoms with E-state index in [2.05, 4.69) is 41.5 Å². The molecule has 0 fully saturated rings. The number of thiazole rings is 1. The molecule has 2 aromatic rings. The van der Waals surface area contributed by atoms with Crippen LogP contribution in [0.25, 0.3) is 11.3 Å². The summed E-state index contributed by atoms with van der Waals surface area (Å²) in [6.45, 7) is 8.07. The van der Waals surface area contributed by atoms with Crippen LogP contribution in [-0.4, -0.2) is 22.0 Å². The minimum atomic E-state index is -0.917. The van der Waals surface area contributed by atoms with Crippen LogP contribution in [0.2, 0.25) is 0 Å². The number of aromatic nitrogens is 1. The number of allylic oxidation sites excluding steroid dienone is 2. The maximum absolute atomic E-state index is 12.9. The number of nitrogens with zero attached hydrogens (tertiary/aromatic N) is 1. The summed E-state index contributed by atoms with van der Waals surface area (Å²) in [5, 5.41) is 13.0. The average molecular weight is 413 g/mol. The van der Waals surface area contributed by atoms with Gasteiger partial charge in [0.05, 0.1) is 17.5 Å². The summed E-state index contributed by atoms with van der Waals surface area (Å²) in [4.78, 5) is 30.2. The first-order valence-electron chi connectivity index (χ1n) is 10.1. The molecule has 1 aliphatic carbocycles. The van der Waals surface area contributed by atoms with E-state index in [0.717, 1.165) is 40.1 Å². The molecule has 2 N–H and O–H groups in total. The predicted octanol–water partition coefficient (Wildman–Crippen LogP) is 5.46. The summed E-state index contributed by atoms with van der Waals surface area (Å²) in [5.41, 5.74) is 5.35. The zero-order valence-corrected chi connectivity index (χ0v) is 18.2. The van der Waals surface area contributed by atoms with Crippen LogP contribution in [0.4, 0.5) is 5.13 Å². The molecule has 0 spiro atoms. The zero-order chi connectivity index (χ0) is 21.1. The van der Waals surface area contributed by atoms with Crippen LogP contribution in [0.5, 0.6) is 0 Å². The molecule has 1 heterocycles. The van der Waals surface area contributed by atoms with Crippen molar-refractivity contribution in [2.24, 2.45) is 11.8 Å². The van der Waals surface area contributed by atoms with E-state index in [0.29, 0.717) is 18.0 Å². The number of carbonyl (C=O) groups is 2. The Morgan fingerprint density at radius 3 is 2.31 bits per heavy atom. The first kappa shape index (κ1) is 21.2. The van der Waals surface area contributed by atoms with Gasteiger partial charge < -0.3 is 10.4 Å². The van der Waals surface area contributed by atoms with E-state index in [9.17, 15) is 14.7 Å². The Hall–Kier alpha value is -2.47. The number of hydrogen-bond donors (Lipinski definition) is 2. The Bertz CT molecular complexity index is 944. The molecule has 1 aromatic carbocycles. The lowest BCUT2D eigenvalue weighted by molar-refractivity contribution is -0.146. The number of hydrogen-bond acceptors (Lipinski definition) is 4. The molecule has 154 valence electrons. The molecule has 2 atom stereocenters. The van der Waals surface area contributed by atoms with Gasteiger partial charge in [-0.25, -0.2) is 4.98 Å². The van der Waals surface area contributed by atoms with E-state index in [-0.39, 0.29) is 5.91 Å². The lowest BCUT2D eigenvalue weighted by Gasteiger charge is -2.29. The Balaban J connectivity index is 1.77. The maximum atomic E-state index is 12.9. The smallest absolute Gasteiger partial charge is 0.307 e. The summed E-state index contributed by atoms with van der Waals surface area (Å²) in [7, 11) is 0. The van der Waals surface area contributed by atoms with Crippen LogP contribution in [0.3, 0.4) is 0 Å². The molecule has 0 unspecified atom stereocenters. The van der Waals surface area contributed by atoms with Gasteiger partial charge in [0.2, 0.25) is 5.91 Å². The fourth-order valence-corrected chi connectivity index (χ4v) is 4.70. The van der Waals surface area contributed by atoms with Crippen molar-refractivity contribution in [3.63, 3.8) is 0 Å². The van der Waals surface area contributed by atoms with E-state index >= 15 is 0 Å². The first-order chi connectivity index (χ1) is 13.8. The van der Waals surface area contributed by atoms with Gasteiger partial charge in [-0.15, -0.1) is 11.3 Å². The summed E-state index contributed by atoms with van der Waals surface area (Å²) >= 11 is 1.42. The highest BCUT2D eigenvalue weighted by molar-refractivity contribution is 7.16. The molecule has 0 aliphatic heterocycles. The second-order valence-corrected chi connectivity index (χ2v) is 9.08. The summed E-state index contributed by atoms with van der Waals surface area (Å²) in [6, 6.07) is 8.37. The van der Waals surface area contributed by atoms with E-state index in [1.54, 1.807) is 0 Å². The van der Waals surface area contributed by atoms with Gasteiger partial charge in [-0.05, 0) is 45.6 Å². The van der Waals surface area contributed by atoms with Crippen molar-refractivity contribution in [2.75, 3.05) is 5.32 Å². The van der Waals surface area contributed by atoms with Gasteiger partial charge in [-0.3, -0.25) is 9.59 Å². The Morgan fingerprint density at radius 1 is 1.10 bits per heavy atom. The highest BCUT2D eigenvalue weighted by Gasteiger charge is 2.37. The lowest BCUT2D eigenvalue weighted by Crippen LogP contribution is -2.36. The van der Waals surface area contributed by atoms with Gasteiger partial charge in [0.1, 0.15) is 0 Å². The monoisotopic (exact) mass is 412 g/mol. The largest absolute Gasteiger partial charge is 0.481 e. The first-order valence-corrected chi connectivity index (χ1v) is 10.9. The van der Waals surface area contributed by atoms with E-state index in [1.807, 2.05) is 20.8 Å². The van der Waals surface area contributed by atoms with Crippen molar-refractivity contribution >= 4 is 28.3 Å². The average Bonchev–Trinajstić information content (AvgIpc) is 3.04. The lowest BCUT2D eigenvalue weighted by atomic mass is 9.76. The number of anilines is 1. The molecule has 0 saturated heterocycles. The van der Waals surface area contributed by atoms with Crippen LogP contribution in [0, 0.1) is 18.8 Å². The SMILES string of the molecule is CCCc1ccc(-c2nc(NC(=O)[C@@H]3CC(C)=C(C)C[C@H]3C(=O)O)sc2C)cc1. The van der Waals surface area contributed by atoms with E-state index in [4.69, 9.17) is 0 Å². The van der Waals surface area contributed by atoms with Crippen LogP contribution in [0.15, 0.2) is 35.4 Å². The number of carbonyl (C=O) groups excluding carboxylic acids is 1. The second kappa shape index (κ2) is 8.91. The van der Waals surface area contributed by atoms with Crippen molar-refractivity contribution in [2.45, 2.75) is 53.4 Å². The minimum absolute atomic E-state index is 0.261. The molecular weight excluding hydrogens is 384 g/mol. The standard InChI is InChI=1S/C23H28N2O3S/c1-5-6-16-7-9-17(10-8-16)20-15(4)29-23(24-20)25-21(26)18-11-13(2)14(3)12-19(18)22(27)28/h7-10,18-19H,5-6,11-12H2,1-4H3,(H,27,28)(H,24,25,26)/t18-,19-/m1/s1. The number of amides is 1. The number of rotatable bonds is 6. The van der Waals surface area contributed by atoms with Crippen molar-refractivity contribution < 1.29 is 14.7 Å². The fourth-order valence-electron chi connectivity index (χ4n) is 3.86. The van der Waals surface area contributed by atoms with E-state index < -0.39 is 17.8 Å². The molecule has 1 aliphatic rings. The molecule has 3 rings (SSSR count). The molecule has 6 heteroatoms. The number of benzene rings is 1. The fraction of sp³-hybridized carbons (Fsp3) is 0.435. The highest BCUT2D eigenvalue weighted by atomic mass is 32.1. The van der Waals surface area contributed by atoms with Gasteiger partial charge in [0, 0.05) is 10.4 Å². The zero-order valence-electron chi connectivity index (χ0n) is 17.4. The second-order valence-electron chi connectivity index (χ2n) is 7.88. The van der Waals surface area contributed by atoms with Gasteiger partial charge in [0.15, 0.2) is 5.13 Å². The molecule has 0 saturated carbocycles. The number of aryl methyl sites for hydroxylation is 2.